The standard InChI is InChI=1S/C46H31N/c1-2-13-35-29-37(24-23-32(35)11-1)36-16-9-17-40(30-36)47(46-22-10-15-33-12-3-6-19-42(33)46)39-27-25-34(26-28-39)45-31-38-14-4-5-18-41(38)43-20-7-8-21-44(43)45/h1-31H/i3D,6D,9D,10D,12D,15D,16D,17D,19D,22D,25D,26D,27D,28D,30D. The van der Waals surface area contributed by atoms with Crippen molar-refractivity contribution in [2.24, 2.45) is 0 Å². The lowest BCUT2D eigenvalue weighted by Crippen LogP contribution is -2.10. The SMILES string of the molecule is [2H]c1c([2H])c(-c2ccc3ccccc3c2)c([2H])c(N(c2c([2H])c([2H])c(-c3cc4ccccc4c4ccccc34)c([2H])c2[2H])c2c([2H])c([2H])c([2H])c3c([2H])c([2H])c([2H])c([2H])c23)c1[2H]. The molecular formula is C46H31N. The molecule has 1 heteroatoms. The van der Waals surface area contributed by atoms with Gasteiger partial charge in [0.15, 0.2) is 0 Å². The van der Waals surface area contributed by atoms with Gasteiger partial charge in [-0.2, -0.15) is 0 Å². The maximum atomic E-state index is 9.76. The van der Waals surface area contributed by atoms with Crippen molar-refractivity contribution < 1.29 is 20.6 Å². The fourth-order valence-electron chi connectivity index (χ4n) is 6.05. The van der Waals surface area contributed by atoms with Gasteiger partial charge >= 0.3 is 0 Å². The Hall–Kier alpha value is -6.18. The van der Waals surface area contributed by atoms with E-state index < -0.39 is 118 Å². The zero-order valence-electron chi connectivity index (χ0n) is 39.7. The van der Waals surface area contributed by atoms with Gasteiger partial charge in [0.25, 0.3) is 0 Å². The Labute approximate surface area is 295 Å². The normalized spacial score (nSPS) is 15.9. The van der Waals surface area contributed by atoms with Crippen LogP contribution in [0.4, 0.5) is 17.1 Å². The van der Waals surface area contributed by atoms with Crippen LogP contribution >= 0.6 is 0 Å². The van der Waals surface area contributed by atoms with Crippen LogP contribution in [0.25, 0.3) is 65.3 Å². The van der Waals surface area contributed by atoms with Crippen molar-refractivity contribution in [2.75, 3.05) is 4.90 Å². The predicted molar refractivity (Wildman–Crippen MR) is 202 cm³/mol. The first kappa shape index (κ1) is 15.9. The number of hydrogen-bond donors (Lipinski definition) is 0. The summed E-state index contributed by atoms with van der Waals surface area (Å²) in [4.78, 5) is 0.818. The van der Waals surface area contributed by atoms with Crippen LogP contribution in [0.15, 0.2) is 188 Å². The highest BCUT2D eigenvalue weighted by Crippen LogP contribution is 2.42. The van der Waals surface area contributed by atoms with E-state index >= 15 is 0 Å². The largest absolute Gasteiger partial charge is 0.310 e. The highest BCUT2D eigenvalue weighted by atomic mass is 15.1. The molecule has 9 aromatic rings. The number of hydrogen-bond acceptors (Lipinski definition) is 1. The lowest BCUT2D eigenvalue weighted by Gasteiger charge is -2.27. The van der Waals surface area contributed by atoms with Gasteiger partial charge in [0.1, 0.15) is 0 Å². The molecular weight excluding hydrogens is 567 g/mol. The average Bonchev–Trinajstić information content (AvgIpc) is 3.27. The van der Waals surface area contributed by atoms with Gasteiger partial charge in [-0.25, -0.2) is 0 Å². The van der Waals surface area contributed by atoms with Gasteiger partial charge in [0, 0.05) is 16.8 Å². The molecule has 0 bridgehead atoms. The van der Waals surface area contributed by atoms with Gasteiger partial charge in [-0.15, -0.1) is 0 Å². The van der Waals surface area contributed by atoms with Crippen molar-refractivity contribution in [1.82, 2.24) is 0 Å². The van der Waals surface area contributed by atoms with Gasteiger partial charge in [0.05, 0.1) is 26.2 Å². The van der Waals surface area contributed by atoms with Crippen molar-refractivity contribution in [3.8, 4) is 22.3 Å². The first-order chi connectivity index (χ1) is 29.6. The summed E-state index contributed by atoms with van der Waals surface area (Å²) < 4.78 is 138. The van der Waals surface area contributed by atoms with E-state index in [9.17, 15) is 9.60 Å². The fourth-order valence-corrected chi connectivity index (χ4v) is 6.05. The highest BCUT2D eigenvalue weighted by molar-refractivity contribution is 6.13. The third kappa shape index (κ3) is 4.81. The summed E-state index contributed by atoms with van der Waals surface area (Å²) in [5.74, 6) is 0. The molecule has 0 atom stereocenters. The molecule has 0 heterocycles. The molecule has 0 N–H and O–H groups in total. The van der Waals surface area contributed by atoms with E-state index in [1.165, 1.54) is 0 Å². The molecule has 0 aromatic heterocycles. The Morgan fingerprint density at radius 3 is 1.96 bits per heavy atom. The lowest BCUT2D eigenvalue weighted by molar-refractivity contribution is 1.30. The maximum absolute atomic E-state index is 9.76. The molecule has 0 saturated carbocycles. The summed E-state index contributed by atoms with van der Waals surface area (Å²) in [5.41, 5.74) is -1.51. The minimum atomic E-state index is -0.846. The fraction of sp³-hybridized carbons (Fsp3) is 0. The Bertz CT molecular complexity index is 3400. The molecule has 0 aliphatic rings. The van der Waals surface area contributed by atoms with Crippen molar-refractivity contribution in [1.29, 1.82) is 0 Å². The molecule has 0 amide bonds. The Morgan fingerprint density at radius 1 is 0.383 bits per heavy atom. The van der Waals surface area contributed by atoms with Gasteiger partial charge in [0.2, 0.25) is 0 Å². The number of benzene rings is 9. The van der Waals surface area contributed by atoms with Crippen LogP contribution < -0.4 is 4.90 Å². The Morgan fingerprint density at radius 2 is 1.09 bits per heavy atom. The zero-order chi connectivity index (χ0) is 44.2. The molecule has 0 spiro atoms. The molecule has 0 radical (unpaired) electrons. The lowest BCUT2D eigenvalue weighted by atomic mass is 9.93. The summed E-state index contributed by atoms with van der Waals surface area (Å²) in [6.07, 6.45) is 0. The van der Waals surface area contributed by atoms with Crippen LogP contribution in [0.2, 0.25) is 0 Å². The second-order valence-corrected chi connectivity index (χ2v) is 11.0. The number of anilines is 3. The summed E-state index contributed by atoms with van der Waals surface area (Å²) in [6.45, 7) is 0. The summed E-state index contributed by atoms with van der Waals surface area (Å²) in [7, 11) is 0. The zero-order valence-corrected chi connectivity index (χ0v) is 24.7. The van der Waals surface area contributed by atoms with Gasteiger partial charge < -0.3 is 4.90 Å². The van der Waals surface area contributed by atoms with Gasteiger partial charge in [-0.05, 0) is 102 Å². The van der Waals surface area contributed by atoms with Gasteiger partial charge in [-0.3, -0.25) is 0 Å². The van der Waals surface area contributed by atoms with Gasteiger partial charge in [-0.1, -0.05) is 145 Å². The minimum absolute atomic E-state index is 0.0945. The van der Waals surface area contributed by atoms with Crippen molar-refractivity contribution in [2.45, 2.75) is 0 Å². The molecule has 0 fully saturated rings. The van der Waals surface area contributed by atoms with Crippen molar-refractivity contribution in [3.05, 3.63) is 188 Å². The highest BCUT2D eigenvalue weighted by Gasteiger charge is 2.17. The maximum Gasteiger partial charge on any atom is 0.0651 e. The topological polar surface area (TPSA) is 3.24 Å². The van der Waals surface area contributed by atoms with Crippen LogP contribution in [0, 0.1) is 0 Å². The smallest absolute Gasteiger partial charge is 0.0651 e. The summed E-state index contributed by atoms with van der Waals surface area (Å²) in [5, 5.41) is 3.62. The first-order valence-electron chi connectivity index (χ1n) is 22.5. The second kappa shape index (κ2) is 11.3. The second-order valence-electron chi connectivity index (χ2n) is 11.0. The number of nitrogens with zero attached hydrogens (tertiary/aromatic N) is 1. The van der Waals surface area contributed by atoms with Crippen molar-refractivity contribution >= 4 is 60.2 Å². The molecule has 0 saturated heterocycles. The van der Waals surface area contributed by atoms with Crippen LogP contribution in [0.5, 0.6) is 0 Å². The van der Waals surface area contributed by atoms with E-state index in [-0.39, 0.29) is 16.7 Å². The van der Waals surface area contributed by atoms with Crippen LogP contribution in [0.1, 0.15) is 20.6 Å². The molecule has 220 valence electrons. The monoisotopic (exact) mass is 612 g/mol. The average molecular weight is 613 g/mol. The van der Waals surface area contributed by atoms with E-state index in [2.05, 4.69) is 0 Å². The molecule has 0 aliphatic carbocycles. The summed E-state index contributed by atoms with van der Waals surface area (Å²) in [6, 6.07) is 18.3. The minimum Gasteiger partial charge on any atom is -0.310 e. The van der Waals surface area contributed by atoms with E-state index in [1.54, 1.807) is 42.5 Å². The van der Waals surface area contributed by atoms with E-state index in [0.29, 0.717) is 10.9 Å². The van der Waals surface area contributed by atoms with Crippen LogP contribution in [0.3, 0.4) is 0 Å². The third-order valence-electron chi connectivity index (χ3n) is 8.26. The Balaban J connectivity index is 1.46. The molecule has 0 unspecified atom stereocenters. The molecule has 9 aromatic carbocycles. The van der Waals surface area contributed by atoms with E-state index in [0.717, 1.165) is 31.8 Å². The van der Waals surface area contributed by atoms with E-state index in [4.69, 9.17) is 11.0 Å². The quantitative estimate of drug-likeness (QED) is 0.175. The van der Waals surface area contributed by atoms with Crippen LogP contribution in [-0.2, 0) is 0 Å². The summed E-state index contributed by atoms with van der Waals surface area (Å²) >= 11 is 0. The molecule has 9 rings (SSSR count). The van der Waals surface area contributed by atoms with E-state index in [1.807, 2.05) is 54.6 Å². The number of rotatable bonds is 5. The molecule has 0 aliphatic heterocycles. The van der Waals surface area contributed by atoms with Crippen molar-refractivity contribution in [3.63, 3.8) is 0 Å². The molecule has 1 nitrogen and oxygen atoms in total. The molecule has 47 heavy (non-hydrogen) atoms. The first-order valence-corrected chi connectivity index (χ1v) is 15.0. The number of fused-ring (bicyclic) bond motifs is 5. The van der Waals surface area contributed by atoms with Crippen LogP contribution in [-0.4, -0.2) is 0 Å². The predicted octanol–water partition coefficient (Wildman–Crippen LogP) is 13.1. The third-order valence-corrected chi connectivity index (χ3v) is 8.26. The Kier molecular flexibility index (Phi) is 3.83.